The smallest absolute Gasteiger partial charge is 0.195 e. The fourth-order valence-corrected chi connectivity index (χ4v) is 13.5. The van der Waals surface area contributed by atoms with Gasteiger partial charge in [0.15, 0.2) is 5.69 Å². The maximum Gasteiger partial charge on any atom is 0.195 e. The molecular formula is C40H34N4Si2. The van der Waals surface area contributed by atoms with Gasteiger partial charge in [0.1, 0.15) is 22.0 Å². The molecule has 2 aliphatic rings. The Kier molecular flexibility index (Phi) is 6.40. The normalized spacial score (nSPS) is 15.2. The Bertz CT molecular complexity index is 2100. The number of hydrogen-bond donors (Lipinski definition) is 0. The second-order valence-electron chi connectivity index (χ2n) is 13.2. The van der Waals surface area contributed by atoms with E-state index in [1.165, 1.54) is 43.5 Å². The molecule has 6 heteroatoms. The molecule has 0 atom stereocenters. The zero-order valence-electron chi connectivity index (χ0n) is 26.5. The van der Waals surface area contributed by atoms with Crippen LogP contribution in [0, 0.1) is 6.57 Å². The first-order valence-corrected chi connectivity index (χ1v) is 21.8. The molecule has 0 radical (unpaired) electrons. The number of benzene rings is 5. The molecule has 1 aromatic heterocycles. The lowest BCUT2D eigenvalue weighted by atomic mass is 10.0. The number of pyridine rings is 1. The van der Waals surface area contributed by atoms with Crippen molar-refractivity contribution in [2.75, 3.05) is 9.80 Å². The summed E-state index contributed by atoms with van der Waals surface area (Å²) in [7, 11) is -3.76. The summed E-state index contributed by atoms with van der Waals surface area (Å²) in [6.45, 7) is 17.8. The molecule has 3 heterocycles. The molecule has 0 N–H and O–H groups in total. The van der Waals surface area contributed by atoms with Crippen molar-refractivity contribution >= 4 is 76.8 Å². The summed E-state index contributed by atoms with van der Waals surface area (Å²) in [6, 6.07) is 45.6. The Morgan fingerprint density at radius 2 is 1.00 bits per heavy atom. The van der Waals surface area contributed by atoms with E-state index in [0.29, 0.717) is 5.69 Å². The molecule has 0 saturated carbocycles. The Morgan fingerprint density at radius 1 is 0.543 bits per heavy atom. The first kappa shape index (κ1) is 28.3. The number of nitrogens with zero attached hydrogens (tertiary/aromatic N) is 4. The van der Waals surface area contributed by atoms with Gasteiger partial charge in [-0.1, -0.05) is 111 Å². The number of fused-ring (bicyclic) bond motifs is 4. The molecule has 0 fully saturated rings. The van der Waals surface area contributed by atoms with Crippen molar-refractivity contribution in [2.24, 2.45) is 0 Å². The quantitative estimate of drug-likeness (QED) is 0.145. The van der Waals surface area contributed by atoms with Crippen LogP contribution in [0.5, 0.6) is 0 Å². The van der Waals surface area contributed by atoms with Gasteiger partial charge in [-0.25, -0.2) is 9.83 Å². The predicted molar refractivity (Wildman–Crippen MR) is 199 cm³/mol. The van der Waals surface area contributed by atoms with Crippen molar-refractivity contribution in [2.45, 2.75) is 26.2 Å². The third kappa shape index (κ3) is 4.13. The van der Waals surface area contributed by atoms with Crippen molar-refractivity contribution in [1.29, 1.82) is 0 Å². The second kappa shape index (κ2) is 10.4. The maximum absolute atomic E-state index is 8.03. The van der Waals surface area contributed by atoms with E-state index in [-0.39, 0.29) is 0 Å². The van der Waals surface area contributed by atoms with Crippen LogP contribution >= 0.6 is 0 Å². The summed E-state index contributed by atoms with van der Waals surface area (Å²) in [5.41, 5.74) is 8.33. The molecule has 5 aromatic carbocycles. The first-order valence-electron chi connectivity index (χ1n) is 15.8. The number of para-hydroxylation sites is 4. The lowest BCUT2D eigenvalue weighted by Crippen LogP contribution is -2.58. The molecule has 6 aromatic rings. The number of hydrogen-bond acceptors (Lipinski definition) is 3. The van der Waals surface area contributed by atoms with E-state index in [4.69, 9.17) is 11.6 Å². The molecule has 0 spiro atoms. The summed E-state index contributed by atoms with van der Waals surface area (Å²) < 4.78 is 0. The number of aromatic nitrogens is 1. The molecule has 222 valence electrons. The van der Waals surface area contributed by atoms with E-state index >= 15 is 0 Å². The van der Waals surface area contributed by atoms with Gasteiger partial charge < -0.3 is 4.90 Å². The van der Waals surface area contributed by atoms with Gasteiger partial charge in [0, 0.05) is 34.6 Å². The summed E-state index contributed by atoms with van der Waals surface area (Å²) in [6.07, 6.45) is 1.93. The standard InChI is InChI=1S/C40H34N4Si2/c1-41-31-24-23-29(43-32-14-6-10-18-36(32)45(2,3)37-19-11-7-15-33(37)43)26-30(31)28-22-25-40(42-27-28)44-34-16-8-12-20-38(34)46(4,5)39-21-13-9-17-35(39)44/h6-27H,2-5H3. The summed E-state index contributed by atoms with van der Waals surface area (Å²) >= 11 is 0. The van der Waals surface area contributed by atoms with Gasteiger partial charge in [-0.05, 0) is 74.3 Å². The van der Waals surface area contributed by atoms with Crippen molar-refractivity contribution < 1.29 is 0 Å². The van der Waals surface area contributed by atoms with E-state index in [1.807, 2.05) is 12.3 Å². The Balaban J connectivity index is 1.24. The Hall–Kier alpha value is -5.23. The average molecular weight is 627 g/mol. The van der Waals surface area contributed by atoms with E-state index in [9.17, 15) is 0 Å². The largest absolute Gasteiger partial charge is 0.311 e. The van der Waals surface area contributed by atoms with E-state index in [2.05, 4.69) is 162 Å². The minimum atomic E-state index is -1.89. The topological polar surface area (TPSA) is 23.7 Å². The highest BCUT2D eigenvalue weighted by Crippen LogP contribution is 2.43. The third-order valence-electron chi connectivity index (χ3n) is 9.92. The van der Waals surface area contributed by atoms with Crippen LogP contribution in [-0.4, -0.2) is 21.1 Å². The van der Waals surface area contributed by atoms with E-state index in [0.717, 1.165) is 22.6 Å². The molecule has 0 bridgehead atoms. The van der Waals surface area contributed by atoms with Crippen molar-refractivity contribution in [1.82, 2.24) is 4.98 Å². The molecule has 0 amide bonds. The molecule has 4 nitrogen and oxygen atoms in total. The molecule has 8 rings (SSSR count). The molecule has 0 aliphatic carbocycles. The monoisotopic (exact) mass is 626 g/mol. The van der Waals surface area contributed by atoms with Crippen LogP contribution in [-0.2, 0) is 0 Å². The van der Waals surface area contributed by atoms with Crippen molar-refractivity contribution in [3.63, 3.8) is 0 Å². The summed E-state index contributed by atoms with van der Waals surface area (Å²) in [5, 5.41) is 5.67. The van der Waals surface area contributed by atoms with Gasteiger partial charge >= 0.3 is 0 Å². The van der Waals surface area contributed by atoms with Gasteiger partial charge in [0.25, 0.3) is 0 Å². The van der Waals surface area contributed by atoms with E-state index < -0.39 is 16.1 Å². The SMILES string of the molecule is [C-]#[N+]c1ccc(N2c3ccccc3[Si](C)(C)c3ccccc32)cc1-c1ccc(N2c3ccccc3[Si](C)(C)c3ccccc32)nc1. The second-order valence-corrected chi connectivity index (χ2v) is 21.9. The van der Waals surface area contributed by atoms with Crippen LogP contribution in [0.4, 0.5) is 39.9 Å². The number of anilines is 6. The third-order valence-corrected chi connectivity index (χ3v) is 17.0. The maximum atomic E-state index is 8.03. The van der Waals surface area contributed by atoms with Crippen LogP contribution in [0.15, 0.2) is 134 Å². The van der Waals surface area contributed by atoms with Gasteiger partial charge in [-0.15, -0.1) is 0 Å². The summed E-state index contributed by atoms with van der Waals surface area (Å²) in [5.74, 6) is 0.875. The lowest BCUT2D eigenvalue weighted by molar-refractivity contribution is 1.18. The Labute approximate surface area is 273 Å². The Morgan fingerprint density at radius 3 is 1.43 bits per heavy atom. The van der Waals surface area contributed by atoms with E-state index in [1.54, 1.807) is 0 Å². The van der Waals surface area contributed by atoms with Crippen LogP contribution in [0.25, 0.3) is 16.0 Å². The van der Waals surface area contributed by atoms with Gasteiger partial charge in [-0.3, -0.25) is 4.90 Å². The molecule has 2 aliphatic heterocycles. The van der Waals surface area contributed by atoms with Crippen LogP contribution < -0.4 is 30.5 Å². The zero-order chi connectivity index (χ0) is 31.6. The minimum Gasteiger partial charge on any atom is -0.311 e. The predicted octanol–water partition coefficient (Wildman–Crippen LogP) is 8.51. The van der Waals surface area contributed by atoms with Gasteiger partial charge in [-0.2, -0.15) is 0 Å². The fourth-order valence-electron chi connectivity index (χ4n) is 7.53. The molecular weight excluding hydrogens is 593 g/mol. The lowest BCUT2D eigenvalue weighted by Gasteiger charge is -2.41. The van der Waals surface area contributed by atoms with Gasteiger partial charge in [0.2, 0.25) is 0 Å². The highest BCUT2D eigenvalue weighted by molar-refractivity contribution is 7.03. The van der Waals surface area contributed by atoms with Crippen LogP contribution in [0.1, 0.15) is 0 Å². The summed E-state index contributed by atoms with van der Waals surface area (Å²) in [4.78, 5) is 13.7. The molecule has 0 unspecified atom stereocenters. The molecule has 46 heavy (non-hydrogen) atoms. The van der Waals surface area contributed by atoms with Gasteiger partial charge in [0.05, 0.1) is 6.57 Å². The van der Waals surface area contributed by atoms with Crippen molar-refractivity contribution in [3.8, 4) is 11.1 Å². The average Bonchev–Trinajstić information content (AvgIpc) is 3.09. The minimum absolute atomic E-state index is 0.619. The van der Waals surface area contributed by atoms with Crippen LogP contribution in [0.3, 0.4) is 0 Å². The zero-order valence-corrected chi connectivity index (χ0v) is 28.5. The number of rotatable bonds is 3. The fraction of sp³-hybridized carbons (Fsp3) is 0.100. The highest BCUT2D eigenvalue weighted by Gasteiger charge is 2.39. The van der Waals surface area contributed by atoms with Crippen molar-refractivity contribution in [3.05, 3.63) is 145 Å². The highest BCUT2D eigenvalue weighted by atomic mass is 28.3. The molecule has 0 saturated heterocycles. The first-order chi connectivity index (χ1) is 22.3. The van der Waals surface area contributed by atoms with Crippen LogP contribution in [0.2, 0.25) is 26.2 Å².